The molecule has 3 aromatic carbocycles. The second-order valence-electron chi connectivity index (χ2n) is 10.4. The van der Waals surface area contributed by atoms with Crippen LogP contribution in [0.25, 0.3) is 0 Å². The van der Waals surface area contributed by atoms with Crippen molar-refractivity contribution in [1.82, 2.24) is 10.2 Å². The Labute approximate surface area is 246 Å². The molecule has 0 bridgehead atoms. The summed E-state index contributed by atoms with van der Waals surface area (Å²) in [5.74, 6) is -1.53. The van der Waals surface area contributed by atoms with Crippen molar-refractivity contribution in [3.8, 4) is 0 Å². The average Bonchev–Trinajstić information content (AvgIpc) is 2.96. The van der Waals surface area contributed by atoms with Crippen molar-refractivity contribution in [2.24, 2.45) is 0 Å². The summed E-state index contributed by atoms with van der Waals surface area (Å²) in [6.07, 6.45) is 4.88. The summed E-state index contributed by atoms with van der Waals surface area (Å²) in [5.41, 5.74) is 1.05. The third-order valence-electron chi connectivity index (χ3n) is 7.45. The van der Waals surface area contributed by atoms with Crippen LogP contribution >= 0.6 is 11.6 Å². The fraction of sp³-hybridized carbons (Fsp3) is 0.355. The van der Waals surface area contributed by atoms with Gasteiger partial charge >= 0.3 is 0 Å². The van der Waals surface area contributed by atoms with Crippen LogP contribution in [0.1, 0.15) is 50.2 Å². The van der Waals surface area contributed by atoms with Crippen molar-refractivity contribution >= 4 is 39.1 Å². The van der Waals surface area contributed by atoms with Gasteiger partial charge in [-0.05, 0) is 68.7 Å². The number of rotatable bonds is 10. The van der Waals surface area contributed by atoms with Crippen LogP contribution in [-0.4, -0.2) is 43.8 Å². The van der Waals surface area contributed by atoms with Gasteiger partial charge in [0.25, 0.3) is 10.0 Å². The highest BCUT2D eigenvalue weighted by Crippen LogP contribution is 2.29. The molecule has 7 nitrogen and oxygen atoms in total. The smallest absolute Gasteiger partial charge is 0.264 e. The molecular formula is C31H35ClFN3O4S. The van der Waals surface area contributed by atoms with E-state index in [9.17, 15) is 22.4 Å². The molecule has 1 saturated carbocycles. The molecule has 0 saturated heterocycles. The number of benzene rings is 3. The zero-order valence-corrected chi connectivity index (χ0v) is 24.8. The number of anilines is 1. The molecular weight excluding hydrogens is 565 g/mol. The molecule has 10 heteroatoms. The molecule has 1 atom stereocenters. The zero-order valence-electron chi connectivity index (χ0n) is 23.2. The Morgan fingerprint density at radius 3 is 2.32 bits per heavy atom. The highest BCUT2D eigenvalue weighted by Gasteiger charge is 2.34. The molecule has 1 N–H and O–H groups in total. The van der Waals surface area contributed by atoms with E-state index in [2.05, 4.69) is 5.32 Å². The number of carbonyl (C=O) groups is 2. The first-order valence-corrected chi connectivity index (χ1v) is 15.6. The van der Waals surface area contributed by atoms with Gasteiger partial charge in [-0.3, -0.25) is 13.9 Å². The molecule has 0 heterocycles. The van der Waals surface area contributed by atoms with Gasteiger partial charge in [-0.2, -0.15) is 0 Å². The van der Waals surface area contributed by atoms with Gasteiger partial charge in [0, 0.05) is 23.2 Å². The van der Waals surface area contributed by atoms with Crippen LogP contribution in [0.5, 0.6) is 0 Å². The van der Waals surface area contributed by atoms with E-state index in [1.54, 1.807) is 68.4 Å². The number of amides is 2. The van der Waals surface area contributed by atoms with Crippen LogP contribution in [0.3, 0.4) is 0 Å². The summed E-state index contributed by atoms with van der Waals surface area (Å²) in [5, 5.41) is 3.46. The number of halogens is 2. The number of hydrogen-bond acceptors (Lipinski definition) is 4. The van der Waals surface area contributed by atoms with Gasteiger partial charge in [0.1, 0.15) is 18.4 Å². The third kappa shape index (κ3) is 7.45. The Morgan fingerprint density at radius 2 is 1.66 bits per heavy atom. The predicted molar refractivity (Wildman–Crippen MR) is 159 cm³/mol. The molecule has 4 rings (SSSR count). The van der Waals surface area contributed by atoms with E-state index in [0.717, 1.165) is 36.4 Å². The van der Waals surface area contributed by atoms with E-state index in [1.165, 1.54) is 23.1 Å². The molecule has 1 aliphatic rings. The Morgan fingerprint density at radius 1 is 1.00 bits per heavy atom. The van der Waals surface area contributed by atoms with Crippen LogP contribution in [0.4, 0.5) is 10.1 Å². The molecule has 0 aromatic heterocycles. The summed E-state index contributed by atoms with van der Waals surface area (Å²) in [6, 6.07) is 17.6. The summed E-state index contributed by atoms with van der Waals surface area (Å²) < 4.78 is 43.5. The van der Waals surface area contributed by atoms with Crippen molar-refractivity contribution in [3.63, 3.8) is 0 Å². The Balaban J connectivity index is 1.70. The SMILES string of the molecule is Cc1cc(Cl)ccc1N(CC(=O)N(Cc1ccccc1F)[C@H](C)C(=O)NC1CCCCC1)S(=O)(=O)c1ccccc1. The molecule has 41 heavy (non-hydrogen) atoms. The Kier molecular flexibility index (Phi) is 10.0. The monoisotopic (exact) mass is 599 g/mol. The molecule has 0 unspecified atom stereocenters. The lowest BCUT2D eigenvalue weighted by Gasteiger charge is -2.33. The first-order chi connectivity index (χ1) is 19.6. The Hall–Kier alpha value is -3.43. The molecule has 0 aliphatic heterocycles. The zero-order chi connectivity index (χ0) is 29.6. The molecule has 0 radical (unpaired) electrons. The number of aryl methyl sites for hydroxylation is 1. The molecule has 1 fully saturated rings. The van der Waals surface area contributed by atoms with Gasteiger partial charge in [-0.25, -0.2) is 12.8 Å². The molecule has 3 aromatic rings. The largest absolute Gasteiger partial charge is 0.352 e. The van der Waals surface area contributed by atoms with Crippen LogP contribution in [0.2, 0.25) is 5.02 Å². The topological polar surface area (TPSA) is 86.8 Å². The number of sulfonamides is 1. The fourth-order valence-corrected chi connectivity index (χ4v) is 6.82. The standard InChI is InChI=1S/C31H35ClFN3O4S/c1-22-19-25(32)17-18-29(22)36(41(39,40)27-14-7-4-8-15-27)21-30(37)35(20-24-11-9-10-16-28(24)33)23(2)31(38)34-26-12-5-3-6-13-26/h4,7-11,14-19,23,26H,3,5-6,12-13,20-21H2,1-2H3,(H,34,38)/t23-/m1/s1. The summed E-state index contributed by atoms with van der Waals surface area (Å²) in [7, 11) is -4.20. The summed E-state index contributed by atoms with van der Waals surface area (Å²) in [4.78, 5) is 28.6. The molecule has 218 valence electrons. The number of nitrogens with zero attached hydrogens (tertiary/aromatic N) is 2. The van der Waals surface area contributed by atoms with Crippen molar-refractivity contribution in [2.45, 2.75) is 69.5 Å². The second kappa shape index (κ2) is 13.5. The van der Waals surface area contributed by atoms with Gasteiger partial charge in [-0.1, -0.05) is 67.3 Å². The maximum atomic E-state index is 14.7. The van der Waals surface area contributed by atoms with Gasteiger partial charge in [0.15, 0.2) is 0 Å². The van der Waals surface area contributed by atoms with Gasteiger partial charge in [-0.15, -0.1) is 0 Å². The average molecular weight is 600 g/mol. The third-order valence-corrected chi connectivity index (χ3v) is 9.46. The first kappa shape index (κ1) is 30.5. The quantitative estimate of drug-likeness (QED) is 0.317. The lowest BCUT2D eigenvalue weighted by atomic mass is 9.95. The first-order valence-electron chi connectivity index (χ1n) is 13.7. The van der Waals surface area contributed by atoms with E-state index >= 15 is 0 Å². The van der Waals surface area contributed by atoms with E-state index in [4.69, 9.17) is 11.6 Å². The Bertz CT molecular complexity index is 1480. The molecule has 1 aliphatic carbocycles. The van der Waals surface area contributed by atoms with Crippen molar-refractivity contribution in [1.29, 1.82) is 0 Å². The van der Waals surface area contributed by atoms with Crippen LogP contribution in [-0.2, 0) is 26.2 Å². The lowest BCUT2D eigenvalue weighted by molar-refractivity contribution is -0.139. The number of carbonyl (C=O) groups excluding carboxylic acids is 2. The molecule has 0 spiro atoms. The summed E-state index contributed by atoms with van der Waals surface area (Å²) >= 11 is 6.15. The minimum absolute atomic E-state index is 0.00546. The van der Waals surface area contributed by atoms with E-state index in [-0.39, 0.29) is 34.6 Å². The number of nitrogens with one attached hydrogen (secondary N) is 1. The van der Waals surface area contributed by atoms with Crippen LogP contribution < -0.4 is 9.62 Å². The van der Waals surface area contributed by atoms with Crippen LogP contribution in [0, 0.1) is 12.7 Å². The molecule has 2 amide bonds. The minimum Gasteiger partial charge on any atom is -0.352 e. The summed E-state index contributed by atoms with van der Waals surface area (Å²) in [6.45, 7) is 2.48. The maximum Gasteiger partial charge on any atom is 0.264 e. The highest BCUT2D eigenvalue weighted by molar-refractivity contribution is 7.92. The van der Waals surface area contributed by atoms with Crippen LogP contribution in [0.15, 0.2) is 77.7 Å². The van der Waals surface area contributed by atoms with Gasteiger partial charge in [0.05, 0.1) is 10.6 Å². The van der Waals surface area contributed by atoms with E-state index in [0.29, 0.717) is 10.6 Å². The minimum atomic E-state index is -4.20. The second-order valence-corrected chi connectivity index (χ2v) is 12.7. The maximum absolute atomic E-state index is 14.7. The van der Waals surface area contributed by atoms with E-state index < -0.39 is 34.3 Å². The fourth-order valence-electron chi connectivity index (χ4n) is 5.09. The normalized spacial score (nSPS) is 14.7. The van der Waals surface area contributed by atoms with Gasteiger partial charge in [0.2, 0.25) is 11.8 Å². The van der Waals surface area contributed by atoms with Crippen molar-refractivity contribution < 1.29 is 22.4 Å². The van der Waals surface area contributed by atoms with Crippen molar-refractivity contribution in [3.05, 3.63) is 94.8 Å². The van der Waals surface area contributed by atoms with Crippen molar-refractivity contribution in [2.75, 3.05) is 10.8 Å². The van der Waals surface area contributed by atoms with Gasteiger partial charge < -0.3 is 10.2 Å². The predicted octanol–water partition coefficient (Wildman–Crippen LogP) is 5.85. The lowest BCUT2D eigenvalue weighted by Crippen LogP contribution is -2.53. The van der Waals surface area contributed by atoms with E-state index in [1.807, 2.05) is 0 Å². The highest BCUT2D eigenvalue weighted by atomic mass is 35.5. The number of hydrogen-bond donors (Lipinski definition) is 1.